The Kier molecular flexibility index (Phi) is 2.33. The number of aliphatic hydroxyl groups excluding tert-OH is 1. The largest absolute Gasteiger partial charge is 0.448 e. The maximum absolute atomic E-state index is 8.94. The molecule has 0 saturated heterocycles. The van der Waals surface area contributed by atoms with Gasteiger partial charge in [0, 0.05) is 12.8 Å². The SMILES string of the molecule is CCC1(CCO)Oc2ccccc2O1. The van der Waals surface area contributed by atoms with Crippen LogP contribution in [-0.4, -0.2) is 17.5 Å². The molecule has 0 fully saturated rings. The third-order valence-electron chi connectivity index (χ3n) is 2.47. The molecule has 2 rings (SSSR count). The average molecular weight is 194 g/mol. The van der Waals surface area contributed by atoms with Gasteiger partial charge in [0.25, 0.3) is 5.79 Å². The number of hydrogen-bond donors (Lipinski definition) is 1. The second-order valence-electron chi connectivity index (χ2n) is 3.39. The molecule has 0 aliphatic carbocycles. The number of fused-ring (bicyclic) bond motifs is 1. The molecule has 0 aromatic heterocycles. The summed E-state index contributed by atoms with van der Waals surface area (Å²) in [6.07, 6.45) is 1.22. The van der Waals surface area contributed by atoms with Crippen LogP contribution in [0.25, 0.3) is 0 Å². The first kappa shape index (κ1) is 9.34. The lowest BCUT2D eigenvalue weighted by atomic mass is 10.1. The number of para-hydroxylation sites is 2. The molecule has 0 atom stereocenters. The third-order valence-corrected chi connectivity index (χ3v) is 2.47. The lowest BCUT2D eigenvalue weighted by Gasteiger charge is -2.25. The van der Waals surface area contributed by atoms with Crippen LogP contribution in [0.2, 0.25) is 0 Å². The van der Waals surface area contributed by atoms with Gasteiger partial charge in [0.05, 0.1) is 6.61 Å². The highest BCUT2D eigenvalue weighted by Crippen LogP contribution is 2.41. The summed E-state index contributed by atoms with van der Waals surface area (Å²) in [5, 5.41) is 8.94. The minimum Gasteiger partial charge on any atom is -0.448 e. The van der Waals surface area contributed by atoms with E-state index in [2.05, 4.69) is 0 Å². The van der Waals surface area contributed by atoms with Gasteiger partial charge in [0.15, 0.2) is 11.5 Å². The molecule has 0 bridgehead atoms. The van der Waals surface area contributed by atoms with Crippen LogP contribution in [0.15, 0.2) is 24.3 Å². The predicted octanol–water partition coefficient (Wildman–Crippen LogP) is 1.95. The van der Waals surface area contributed by atoms with Crippen LogP contribution in [0.1, 0.15) is 19.8 Å². The van der Waals surface area contributed by atoms with Gasteiger partial charge in [-0.3, -0.25) is 0 Å². The van der Waals surface area contributed by atoms with Gasteiger partial charge < -0.3 is 14.6 Å². The Balaban J connectivity index is 2.23. The van der Waals surface area contributed by atoms with E-state index in [9.17, 15) is 0 Å². The van der Waals surface area contributed by atoms with E-state index in [-0.39, 0.29) is 6.61 Å². The number of hydrogen-bond acceptors (Lipinski definition) is 3. The number of aliphatic hydroxyl groups is 1. The van der Waals surface area contributed by atoms with Crippen molar-refractivity contribution in [3.8, 4) is 11.5 Å². The molecule has 1 aromatic carbocycles. The van der Waals surface area contributed by atoms with Crippen molar-refractivity contribution in [2.24, 2.45) is 0 Å². The lowest BCUT2D eigenvalue weighted by Crippen LogP contribution is -2.38. The summed E-state index contributed by atoms with van der Waals surface area (Å²) in [5.41, 5.74) is 0. The molecular formula is C11H14O3. The van der Waals surface area contributed by atoms with Crippen molar-refractivity contribution in [3.63, 3.8) is 0 Å². The van der Waals surface area contributed by atoms with Crippen molar-refractivity contribution in [2.75, 3.05) is 6.61 Å². The molecule has 1 heterocycles. The highest BCUT2D eigenvalue weighted by atomic mass is 16.7. The van der Waals surface area contributed by atoms with Gasteiger partial charge in [0.2, 0.25) is 0 Å². The van der Waals surface area contributed by atoms with Crippen LogP contribution in [0.4, 0.5) is 0 Å². The fourth-order valence-electron chi connectivity index (χ4n) is 1.63. The Morgan fingerprint density at radius 2 is 1.79 bits per heavy atom. The monoisotopic (exact) mass is 194 g/mol. The summed E-state index contributed by atoms with van der Waals surface area (Å²) in [5.74, 6) is 0.879. The minimum atomic E-state index is -0.654. The van der Waals surface area contributed by atoms with Crippen LogP contribution >= 0.6 is 0 Å². The highest BCUT2D eigenvalue weighted by molar-refractivity contribution is 5.42. The van der Waals surface area contributed by atoms with Crippen LogP contribution in [-0.2, 0) is 0 Å². The Morgan fingerprint density at radius 1 is 1.21 bits per heavy atom. The van der Waals surface area contributed by atoms with E-state index in [1.54, 1.807) is 0 Å². The van der Waals surface area contributed by atoms with Gasteiger partial charge in [-0.05, 0) is 12.1 Å². The standard InChI is InChI=1S/C11H14O3/c1-2-11(7-8-12)13-9-5-3-4-6-10(9)14-11/h3-6,12H,2,7-8H2,1H3. The van der Waals surface area contributed by atoms with Gasteiger partial charge in [-0.25, -0.2) is 0 Å². The van der Waals surface area contributed by atoms with E-state index >= 15 is 0 Å². The first-order valence-electron chi connectivity index (χ1n) is 4.87. The molecule has 14 heavy (non-hydrogen) atoms. The summed E-state index contributed by atoms with van der Waals surface area (Å²) in [6, 6.07) is 7.58. The highest BCUT2D eigenvalue weighted by Gasteiger charge is 2.38. The zero-order chi connectivity index (χ0) is 10.0. The molecule has 3 nitrogen and oxygen atoms in total. The minimum absolute atomic E-state index is 0.0713. The normalized spacial score (nSPS) is 17.0. The summed E-state index contributed by atoms with van der Waals surface area (Å²) >= 11 is 0. The smallest absolute Gasteiger partial charge is 0.253 e. The van der Waals surface area contributed by atoms with E-state index in [1.165, 1.54) is 0 Å². The van der Waals surface area contributed by atoms with E-state index < -0.39 is 5.79 Å². The van der Waals surface area contributed by atoms with Gasteiger partial charge in [0.1, 0.15) is 0 Å². The molecule has 76 valence electrons. The van der Waals surface area contributed by atoms with Crippen molar-refractivity contribution in [3.05, 3.63) is 24.3 Å². The Hall–Kier alpha value is -1.22. The number of rotatable bonds is 3. The van der Waals surface area contributed by atoms with Crippen LogP contribution < -0.4 is 9.47 Å². The van der Waals surface area contributed by atoms with E-state index in [0.29, 0.717) is 6.42 Å². The van der Waals surface area contributed by atoms with Crippen LogP contribution in [0.3, 0.4) is 0 Å². The molecule has 1 N–H and O–H groups in total. The molecule has 0 saturated carbocycles. The third kappa shape index (κ3) is 1.44. The molecule has 0 amide bonds. The molecule has 1 aliphatic heterocycles. The van der Waals surface area contributed by atoms with Crippen molar-refractivity contribution in [1.82, 2.24) is 0 Å². The molecule has 0 radical (unpaired) electrons. The zero-order valence-corrected chi connectivity index (χ0v) is 8.19. The first-order chi connectivity index (χ1) is 6.79. The molecule has 1 aliphatic rings. The average Bonchev–Trinajstić information content (AvgIpc) is 2.57. The fraction of sp³-hybridized carbons (Fsp3) is 0.455. The van der Waals surface area contributed by atoms with Gasteiger partial charge in [-0.2, -0.15) is 0 Å². The molecule has 0 unspecified atom stereocenters. The van der Waals surface area contributed by atoms with Gasteiger partial charge >= 0.3 is 0 Å². The van der Waals surface area contributed by atoms with Gasteiger partial charge in [-0.15, -0.1) is 0 Å². The Morgan fingerprint density at radius 3 is 2.21 bits per heavy atom. The molecular weight excluding hydrogens is 180 g/mol. The summed E-state index contributed by atoms with van der Waals surface area (Å²) < 4.78 is 11.4. The topological polar surface area (TPSA) is 38.7 Å². The van der Waals surface area contributed by atoms with Crippen LogP contribution in [0.5, 0.6) is 11.5 Å². The zero-order valence-electron chi connectivity index (χ0n) is 8.19. The van der Waals surface area contributed by atoms with Crippen molar-refractivity contribution < 1.29 is 14.6 Å². The van der Waals surface area contributed by atoms with Crippen LogP contribution in [0, 0.1) is 0 Å². The van der Waals surface area contributed by atoms with Crippen molar-refractivity contribution >= 4 is 0 Å². The second kappa shape index (κ2) is 3.50. The van der Waals surface area contributed by atoms with Crippen molar-refractivity contribution in [1.29, 1.82) is 0 Å². The summed E-state index contributed by atoms with van der Waals surface area (Å²) in [6.45, 7) is 2.06. The Labute approximate surface area is 83.3 Å². The summed E-state index contributed by atoms with van der Waals surface area (Å²) in [7, 11) is 0. The Bertz CT molecular complexity index is 297. The van der Waals surface area contributed by atoms with Crippen molar-refractivity contribution in [2.45, 2.75) is 25.6 Å². The van der Waals surface area contributed by atoms with E-state index in [1.807, 2.05) is 31.2 Å². The maximum atomic E-state index is 8.94. The molecule has 3 heteroatoms. The number of ether oxygens (including phenoxy) is 2. The molecule has 1 aromatic rings. The first-order valence-corrected chi connectivity index (χ1v) is 4.87. The quantitative estimate of drug-likeness (QED) is 0.799. The fourth-order valence-corrected chi connectivity index (χ4v) is 1.63. The van der Waals surface area contributed by atoms with Gasteiger partial charge in [-0.1, -0.05) is 19.1 Å². The maximum Gasteiger partial charge on any atom is 0.253 e. The lowest BCUT2D eigenvalue weighted by molar-refractivity contribution is -0.0961. The second-order valence-corrected chi connectivity index (χ2v) is 3.39. The molecule has 0 spiro atoms. The van der Waals surface area contributed by atoms with E-state index in [0.717, 1.165) is 17.9 Å². The van der Waals surface area contributed by atoms with E-state index in [4.69, 9.17) is 14.6 Å². The number of benzene rings is 1. The predicted molar refractivity (Wildman–Crippen MR) is 52.4 cm³/mol. The summed E-state index contributed by atoms with van der Waals surface area (Å²) in [4.78, 5) is 0.